The second-order valence-corrected chi connectivity index (χ2v) is 6.38. The van der Waals surface area contributed by atoms with E-state index in [1.54, 1.807) is 0 Å². The van der Waals surface area contributed by atoms with Crippen LogP contribution in [0.15, 0.2) is 27.6 Å². The van der Waals surface area contributed by atoms with Crippen molar-refractivity contribution < 1.29 is 4.74 Å². The van der Waals surface area contributed by atoms with Crippen molar-refractivity contribution in [2.24, 2.45) is 0 Å². The molecule has 0 spiro atoms. The van der Waals surface area contributed by atoms with Crippen molar-refractivity contribution in [1.82, 2.24) is 5.32 Å². The third-order valence-corrected chi connectivity index (χ3v) is 4.20. The highest BCUT2D eigenvalue weighted by Crippen LogP contribution is 2.22. The zero-order valence-electron chi connectivity index (χ0n) is 9.17. The second kappa shape index (κ2) is 6.55. The minimum atomic E-state index is 0.803. The van der Waals surface area contributed by atoms with Gasteiger partial charge in [-0.1, -0.05) is 6.08 Å². The quantitative estimate of drug-likeness (QED) is 0.667. The minimum Gasteiger partial charge on any atom is -0.377 e. The van der Waals surface area contributed by atoms with Crippen molar-refractivity contribution in [3.63, 3.8) is 0 Å². The highest BCUT2D eigenvalue weighted by molar-refractivity contribution is 9.11. The molecule has 16 heavy (non-hydrogen) atoms. The van der Waals surface area contributed by atoms with Crippen LogP contribution in [0.25, 0.3) is 0 Å². The van der Waals surface area contributed by atoms with Gasteiger partial charge in [-0.15, -0.1) is 11.3 Å². The van der Waals surface area contributed by atoms with Crippen LogP contribution in [-0.2, 0) is 11.2 Å². The first-order valence-electron chi connectivity index (χ1n) is 5.55. The second-order valence-electron chi connectivity index (χ2n) is 3.84. The predicted molar refractivity (Wildman–Crippen MR) is 72.1 cm³/mol. The molecule has 1 N–H and O–H groups in total. The van der Waals surface area contributed by atoms with Crippen LogP contribution in [0.2, 0.25) is 0 Å². The summed E-state index contributed by atoms with van der Waals surface area (Å²) in [5.41, 5.74) is 1.39. The SMILES string of the molecule is Brc1ccc(CCNCC2=CCCOC2)s1. The molecule has 0 radical (unpaired) electrons. The molecule has 0 atom stereocenters. The summed E-state index contributed by atoms with van der Waals surface area (Å²) in [5.74, 6) is 0. The summed E-state index contributed by atoms with van der Waals surface area (Å²) in [7, 11) is 0. The summed E-state index contributed by atoms with van der Waals surface area (Å²) >= 11 is 5.29. The molecule has 0 bridgehead atoms. The van der Waals surface area contributed by atoms with E-state index < -0.39 is 0 Å². The summed E-state index contributed by atoms with van der Waals surface area (Å²) in [5, 5.41) is 3.46. The number of thiophene rings is 1. The molecule has 1 aliphatic rings. The number of hydrogen-bond acceptors (Lipinski definition) is 3. The van der Waals surface area contributed by atoms with Crippen molar-refractivity contribution in [3.8, 4) is 0 Å². The average molecular weight is 302 g/mol. The number of ether oxygens (including phenoxy) is 1. The van der Waals surface area contributed by atoms with Crippen molar-refractivity contribution >= 4 is 27.3 Å². The average Bonchev–Trinajstić information content (AvgIpc) is 2.72. The smallest absolute Gasteiger partial charge is 0.0701 e. The van der Waals surface area contributed by atoms with Crippen LogP contribution in [0.1, 0.15) is 11.3 Å². The molecule has 2 nitrogen and oxygen atoms in total. The monoisotopic (exact) mass is 301 g/mol. The molecule has 1 aromatic rings. The maximum atomic E-state index is 5.39. The molecule has 1 aromatic heterocycles. The molecule has 0 unspecified atom stereocenters. The fourth-order valence-corrected chi connectivity index (χ4v) is 3.16. The van der Waals surface area contributed by atoms with Gasteiger partial charge in [0.15, 0.2) is 0 Å². The van der Waals surface area contributed by atoms with Crippen LogP contribution in [0.4, 0.5) is 0 Å². The number of rotatable bonds is 5. The van der Waals surface area contributed by atoms with Gasteiger partial charge in [0.05, 0.1) is 17.0 Å². The molecule has 0 aromatic carbocycles. The molecule has 0 amide bonds. The largest absolute Gasteiger partial charge is 0.377 e. The van der Waals surface area contributed by atoms with Gasteiger partial charge in [-0.3, -0.25) is 0 Å². The molecule has 4 heteroatoms. The molecule has 0 aliphatic carbocycles. The van der Waals surface area contributed by atoms with E-state index in [9.17, 15) is 0 Å². The van der Waals surface area contributed by atoms with Gasteiger partial charge in [0.2, 0.25) is 0 Å². The van der Waals surface area contributed by atoms with E-state index in [4.69, 9.17) is 4.74 Å². The molecule has 1 aliphatic heterocycles. The van der Waals surface area contributed by atoms with E-state index in [1.165, 1.54) is 14.2 Å². The van der Waals surface area contributed by atoms with Crippen LogP contribution in [0.5, 0.6) is 0 Å². The third-order valence-electron chi connectivity index (χ3n) is 2.51. The maximum absolute atomic E-state index is 5.39. The predicted octanol–water partition coefficient (Wildman–Crippen LogP) is 2.99. The molecule has 0 fully saturated rings. The first-order valence-corrected chi connectivity index (χ1v) is 7.16. The van der Waals surface area contributed by atoms with Gasteiger partial charge in [0, 0.05) is 18.0 Å². The summed E-state index contributed by atoms with van der Waals surface area (Å²) in [6.07, 6.45) is 4.46. The number of nitrogens with one attached hydrogen (secondary N) is 1. The van der Waals surface area contributed by atoms with Gasteiger partial charge < -0.3 is 10.1 Å². The third kappa shape index (κ3) is 4.01. The fourth-order valence-electron chi connectivity index (χ4n) is 1.68. The molecular formula is C12H16BrNOS. The molecule has 2 heterocycles. The molecule has 0 saturated carbocycles. The Kier molecular flexibility index (Phi) is 5.03. The van der Waals surface area contributed by atoms with Crippen LogP contribution in [0, 0.1) is 0 Å². The Bertz CT molecular complexity index is 362. The summed E-state index contributed by atoms with van der Waals surface area (Å²) in [6.45, 7) is 3.68. The van der Waals surface area contributed by atoms with Gasteiger partial charge in [0.1, 0.15) is 0 Å². The minimum absolute atomic E-state index is 0.803. The van der Waals surface area contributed by atoms with Crippen molar-refractivity contribution in [3.05, 3.63) is 32.4 Å². The lowest BCUT2D eigenvalue weighted by Crippen LogP contribution is -2.23. The molecule has 88 valence electrons. The van der Waals surface area contributed by atoms with Crippen molar-refractivity contribution in [1.29, 1.82) is 0 Å². The highest BCUT2D eigenvalue weighted by atomic mass is 79.9. The van der Waals surface area contributed by atoms with E-state index >= 15 is 0 Å². The number of hydrogen-bond donors (Lipinski definition) is 1. The van der Waals surface area contributed by atoms with Crippen molar-refractivity contribution in [2.45, 2.75) is 12.8 Å². The lowest BCUT2D eigenvalue weighted by molar-refractivity contribution is 0.149. The maximum Gasteiger partial charge on any atom is 0.0701 e. The van der Waals surface area contributed by atoms with Crippen LogP contribution >= 0.6 is 27.3 Å². The first kappa shape index (κ1) is 12.3. The van der Waals surface area contributed by atoms with Crippen LogP contribution in [-0.4, -0.2) is 26.3 Å². The first-order chi connectivity index (χ1) is 7.84. The zero-order chi connectivity index (χ0) is 11.2. The van der Waals surface area contributed by atoms with Gasteiger partial charge in [-0.2, -0.15) is 0 Å². The zero-order valence-corrected chi connectivity index (χ0v) is 11.6. The Labute approximate surface area is 109 Å². The molecular weight excluding hydrogens is 286 g/mol. The lowest BCUT2D eigenvalue weighted by atomic mass is 10.2. The van der Waals surface area contributed by atoms with E-state index in [1.807, 2.05) is 11.3 Å². The summed E-state index contributed by atoms with van der Waals surface area (Å²) in [4.78, 5) is 1.42. The molecule has 2 rings (SSSR count). The van der Waals surface area contributed by atoms with Crippen LogP contribution < -0.4 is 5.32 Å². The standard InChI is InChI=1S/C12H16BrNOS/c13-12-4-3-11(16-12)5-6-14-8-10-2-1-7-15-9-10/h2-4,14H,1,5-9H2. The van der Waals surface area contributed by atoms with Gasteiger partial charge in [-0.05, 0) is 46.5 Å². The Morgan fingerprint density at radius 2 is 2.38 bits per heavy atom. The van der Waals surface area contributed by atoms with Gasteiger partial charge in [0.25, 0.3) is 0 Å². The van der Waals surface area contributed by atoms with E-state index in [2.05, 4.69) is 39.5 Å². The van der Waals surface area contributed by atoms with E-state index in [0.29, 0.717) is 0 Å². The Morgan fingerprint density at radius 1 is 1.44 bits per heavy atom. The van der Waals surface area contributed by atoms with Gasteiger partial charge >= 0.3 is 0 Å². The topological polar surface area (TPSA) is 21.3 Å². The Hall–Kier alpha value is -0.160. The van der Waals surface area contributed by atoms with Crippen LogP contribution in [0.3, 0.4) is 0 Å². The van der Waals surface area contributed by atoms with E-state index in [0.717, 1.165) is 39.1 Å². The highest BCUT2D eigenvalue weighted by Gasteiger charge is 2.03. The molecule has 0 saturated heterocycles. The van der Waals surface area contributed by atoms with E-state index in [-0.39, 0.29) is 0 Å². The Balaban J connectivity index is 1.63. The number of halogens is 1. The lowest BCUT2D eigenvalue weighted by Gasteiger charge is -2.13. The van der Waals surface area contributed by atoms with Gasteiger partial charge in [-0.25, -0.2) is 0 Å². The fraction of sp³-hybridized carbons (Fsp3) is 0.500. The Morgan fingerprint density at radius 3 is 3.06 bits per heavy atom. The summed E-state index contributed by atoms with van der Waals surface area (Å²) < 4.78 is 6.60. The summed E-state index contributed by atoms with van der Waals surface area (Å²) in [6, 6.07) is 4.29. The van der Waals surface area contributed by atoms with Crippen molar-refractivity contribution in [2.75, 3.05) is 26.3 Å². The normalized spacial score (nSPS) is 16.2.